The molecule has 1 rings (SSSR count). The summed E-state index contributed by atoms with van der Waals surface area (Å²) >= 11 is 0. The Bertz CT molecular complexity index is 488. The molecule has 9 heteroatoms. The Kier molecular flexibility index (Phi) is 4.40. The highest BCUT2D eigenvalue weighted by molar-refractivity contribution is 5.70. The van der Waals surface area contributed by atoms with E-state index in [-0.39, 0.29) is 0 Å². The minimum atomic E-state index is -5.06. The van der Waals surface area contributed by atoms with Crippen LogP contribution in [0.3, 0.4) is 0 Å². The average Bonchev–Trinajstić information content (AvgIpc) is 2.25. The number of aliphatic carboxylic acids is 1. The fourth-order valence-electron chi connectivity index (χ4n) is 1.62. The molecule has 19 heavy (non-hydrogen) atoms. The first-order valence-electron chi connectivity index (χ1n) is 4.96. The molecule has 0 saturated carbocycles. The van der Waals surface area contributed by atoms with Gasteiger partial charge in [0.15, 0.2) is 0 Å². The number of nitrogens with two attached hydrogens (primary N) is 1. The predicted molar refractivity (Wildman–Crippen MR) is 53.4 cm³/mol. The number of hydrogen-bond donors (Lipinski definition) is 2. The number of pyridine rings is 1. The first-order chi connectivity index (χ1) is 8.68. The van der Waals surface area contributed by atoms with Crippen LogP contribution >= 0.6 is 0 Å². The van der Waals surface area contributed by atoms with Crippen molar-refractivity contribution in [2.45, 2.75) is 25.6 Å². The van der Waals surface area contributed by atoms with E-state index in [1.54, 1.807) is 0 Å². The van der Waals surface area contributed by atoms with E-state index in [1.807, 2.05) is 0 Å². The van der Waals surface area contributed by atoms with Crippen molar-refractivity contribution in [2.75, 3.05) is 0 Å². The van der Waals surface area contributed by atoms with Crippen LogP contribution in [0.15, 0.2) is 6.20 Å². The number of carboxylic acid groups (broad SMARTS) is 1. The lowest BCUT2D eigenvalue weighted by Crippen LogP contribution is -2.19. The molecule has 0 aliphatic heterocycles. The highest BCUT2D eigenvalue weighted by Gasteiger charge is 2.40. The molecule has 0 saturated heterocycles. The molecule has 0 atom stereocenters. The van der Waals surface area contributed by atoms with E-state index in [0.29, 0.717) is 6.20 Å². The van der Waals surface area contributed by atoms with Gasteiger partial charge in [0.1, 0.15) is 0 Å². The number of rotatable bonds is 4. The van der Waals surface area contributed by atoms with Crippen molar-refractivity contribution in [3.05, 3.63) is 28.6 Å². The third-order valence-electron chi connectivity index (χ3n) is 2.32. The van der Waals surface area contributed by atoms with Gasteiger partial charge in [-0.15, -0.1) is 0 Å². The Hall–Kier alpha value is -1.77. The maximum atomic E-state index is 12.8. The topological polar surface area (TPSA) is 76.2 Å². The van der Waals surface area contributed by atoms with Crippen molar-refractivity contribution in [3.8, 4) is 0 Å². The van der Waals surface area contributed by atoms with Gasteiger partial charge in [0, 0.05) is 12.7 Å². The molecule has 0 fully saturated rings. The van der Waals surface area contributed by atoms with Crippen molar-refractivity contribution in [1.82, 2.24) is 4.98 Å². The second-order valence-electron chi connectivity index (χ2n) is 3.59. The van der Waals surface area contributed by atoms with Gasteiger partial charge in [-0.1, -0.05) is 0 Å². The molecule has 0 spiro atoms. The van der Waals surface area contributed by atoms with Crippen LogP contribution in [0.25, 0.3) is 0 Å². The molecule has 0 bridgehead atoms. The van der Waals surface area contributed by atoms with Gasteiger partial charge in [-0.3, -0.25) is 9.78 Å². The minimum absolute atomic E-state index is 0.600. The van der Waals surface area contributed by atoms with Gasteiger partial charge in [0.2, 0.25) is 0 Å². The van der Waals surface area contributed by atoms with E-state index in [4.69, 9.17) is 10.8 Å². The summed E-state index contributed by atoms with van der Waals surface area (Å²) in [6, 6.07) is 0. The molecule has 0 aliphatic carbocycles. The average molecular weight is 284 g/mol. The van der Waals surface area contributed by atoms with Crippen molar-refractivity contribution < 1.29 is 31.9 Å². The maximum Gasteiger partial charge on any atom is 0.417 e. The number of carbonyl (C=O) groups is 1. The smallest absolute Gasteiger partial charge is 0.417 e. The van der Waals surface area contributed by atoms with E-state index in [2.05, 4.69) is 4.98 Å². The Balaban J connectivity index is 3.58. The molecule has 0 aliphatic rings. The summed E-state index contributed by atoms with van der Waals surface area (Å²) in [5.41, 5.74) is 0.634. The summed E-state index contributed by atoms with van der Waals surface area (Å²) < 4.78 is 64.1. The second kappa shape index (κ2) is 5.47. The first-order valence-corrected chi connectivity index (χ1v) is 4.96. The SMILES string of the molecule is NCc1cnc(CC(=O)O)c(C(F)F)c1C(F)(F)F. The summed E-state index contributed by atoms with van der Waals surface area (Å²) in [7, 11) is 0. The zero-order chi connectivity index (χ0) is 14.8. The van der Waals surface area contributed by atoms with Crippen molar-refractivity contribution in [1.29, 1.82) is 0 Å². The van der Waals surface area contributed by atoms with Crippen LogP contribution < -0.4 is 5.73 Å². The van der Waals surface area contributed by atoms with Crippen LogP contribution in [0.2, 0.25) is 0 Å². The highest BCUT2D eigenvalue weighted by atomic mass is 19.4. The van der Waals surface area contributed by atoms with Crippen LogP contribution in [0.1, 0.15) is 28.8 Å². The Morgan fingerprint density at radius 1 is 1.42 bits per heavy atom. The van der Waals surface area contributed by atoms with E-state index < -0.39 is 53.9 Å². The van der Waals surface area contributed by atoms with Crippen LogP contribution in [-0.2, 0) is 23.9 Å². The Labute approximate surface area is 104 Å². The van der Waals surface area contributed by atoms with Gasteiger partial charge < -0.3 is 10.8 Å². The van der Waals surface area contributed by atoms with Crippen molar-refractivity contribution >= 4 is 5.97 Å². The Morgan fingerprint density at radius 2 is 2.00 bits per heavy atom. The lowest BCUT2D eigenvalue weighted by Gasteiger charge is -2.18. The molecule has 3 N–H and O–H groups in total. The van der Waals surface area contributed by atoms with Gasteiger partial charge in [0.05, 0.1) is 23.2 Å². The fourth-order valence-corrected chi connectivity index (χ4v) is 1.62. The van der Waals surface area contributed by atoms with Crippen LogP contribution in [0.5, 0.6) is 0 Å². The molecule has 4 nitrogen and oxygen atoms in total. The third-order valence-corrected chi connectivity index (χ3v) is 2.32. The molecule has 1 aromatic heterocycles. The molecule has 0 radical (unpaired) electrons. The van der Waals surface area contributed by atoms with Crippen molar-refractivity contribution in [3.63, 3.8) is 0 Å². The minimum Gasteiger partial charge on any atom is -0.481 e. The molecule has 1 aromatic rings. The molecular formula is C10H9F5N2O2. The monoisotopic (exact) mass is 284 g/mol. The van der Waals surface area contributed by atoms with Gasteiger partial charge in [0.25, 0.3) is 6.43 Å². The Morgan fingerprint density at radius 3 is 2.37 bits per heavy atom. The number of alkyl halides is 5. The normalized spacial score (nSPS) is 11.9. The largest absolute Gasteiger partial charge is 0.481 e. The lowest BCUT2D eigenvalue weighted by atomic mass is 9.99. The summed E-state index contributed by atoms with van der Waals surface area (Å²) in [5.74, 6) is -1.55. The number of hydrogen-bond acceptors (Lipinski definition) is 3. The summed E-state index contributed by atoms with van der Waals surface area (Å²) in [5, 5.41) is 8.50. The van der Waals surface area contributed by atoms with Gasteiger partial charge in [-0.25, -0.2) is 8.78 Å². The zero-order valence-electron chi connectivity index (χ0n) is 9.34. The van der Waals surface area contributed by atoms with Crippen LogP contribution in [0.4, 0.5) is 22.0 Å². The lowest BCUT2D eigenvalue weighted by molar-refractivity contribution is -0.141. The molecule has 0 aromatic carbocycles. The zero-order valence-corrected chi connectivity index (χ0v) is 9.34. The predicted octanol–water partition coefficient (Wildman–Crippen LogP) is 2.12. The molecule has 0 unspecified atom stereocenters. The summed E-state index contributed by atoms with van der Waals surface area (Å²) in [4.78, 5) is 13.8. The fraction of sp³-hybridized carbons (Fsp3) is 0.400. The summed E-state index contributed by atoms with van der Waals surface area (Å²) in [6.07, 6.45) is -8.90. The number of nitrogens with zero attached hydrogens (tertiary/aromatic N) is 1. The number of carboxylic acids is 1. The first kappa shape index (κ1) is 15.3. The van der Waals surface area contributed by atoms with Crippen molar-refractivity contribution in [2.24, 2.45) is 5.73 Å². The van der Waals surface area contributed by atoms with Crippen LogP contribution in [0, 0.1) is 0 Å². The number of aromatic nitrogens is 1. The highest BCUT2D eigenvalue weighted by Crippen LogP contribution is 2.39. The molecule has 106 valence electrons. The molecular weight excluding hydrogens is 275 g/mol. The van der Waals surface area contributed by atoms with E-state index >= 15 is 0 Å². The van der Waals surface area contributed by atoms with E-state index in [0.717, 1.165) is 0 Å². The van der Waals surface area contributed by atoms with Gasteiger partial charge in [-0.2, -0.15) is 13.2 Å². The third kappa shape index (κ3) is 3.37. The quantitative estimate of drug-likeness (QED) is 0.830. The molecule has 0 amide bonds. The standard InChI is InChI=1S/C10H9F5N2O2/c11-9(12)7-5(1-6(18)19)17-3-4(2-16)8(7)10(13,14)15/h3,9H,1-2,16H2,(H,18,19). The summed E-state index contributed by atoms with van der Waals surface area (Å²) in [6.45, 7) is -0.630. The second-order valence-corrected chi connectivity index (χ2v) is 3.59. The maximum absolute atomic E-state index is 12.8. The van der Waals surface area contributed by atoms with E-state index in [9.17, 15) is 26.7 Å². The van der Waals surface area contributed by atoms with Crippen LogP contribution in [-0.4, -0.2) is 16.1 Å². The molecule has 1 heterocycles. The van der Waals surface area contributed by atoms with Gasteiger partial charge >= 0.3 is 12.1 Å². The van der Waals surface area contributed by atoms with Gasteiger partial charge in [-0.05, 0) is 5.56 Å². The van der Waals surface area contributed by atoms with E-state index in [1.165, 1.54) is 0 Å². The number of halogens is 5.